The Balaban J connectivity index is 3.21. The third-order valence-corrected chi connectivity index (χ3v) is 4.85. The van der Waals surface area contributed by atoms with Gasteiger partial charge in [0.2, 0.25) is 0 Å². The summed E-state index contributed by atoms with van der Waals surface area (Å²) in [6.45, 7) is 4.63. The van der Waals surface area contributed by atoms with Crippen molar-refractivity contribution in [3.63, 3.8) is 0 Å². The second-order valence-electron chi connectivity index (χ2n) is 2.97. The Labute approximate surface area is 76.0 Å². The molecule has 1 unspecified atom stereocenters. The molecule has 10 heavy (non-hydrogen) atoms. The van der Waals surface area contributed by atoms with Crippen molar-refractivity contribution in [3.8, 4) is 0 Å². The van der Waals surface area contributed by atoms with Crippen molar-refractivity contribution in [2.24, 2.45) is 5.92 Å². The van der Waals surface area contributed by atoms with Crippen LogP contribution in [-0.4, -0.2) is 21.1 Å². The molecule has 60 valence electrons. The molecule has 0 heterocycles. The average Bonchev–Trinajstić information content (AvgIpc) is 1.98. The van der Waals surface area contributed by atoms with Gasteiger partial charge in [0.05, 0.1) is 0 Å². The molecule has 0 aromatic carbocycles. The van der Waals surface area contributed by atoms with Crippen LogP contribution in [0.2, 0.25) is 9.38 Å². The summed E-state index contributed by atoms with van der Waals surface area (Å²) in [7, 11) is 0. The van der Waals surface area contributed by atoms with Crippen molar-refractivity contribution in [2.45, 2.75) is 48.9 Å². The van der Waals surface area contributed by atoms with Crippen LogP contribution in [0.15, 0.2) is 0 Å². The van der Waals surface area contributed by atoms with Crippen LogP contribution in [0.5, 0.6) is 0 Å². The molecule has 0 aliphatic rings. The summed E-state index contributed by atoms with van der Waals surface area (Å²) in [5.74, 6) is 1.09. The number of unbranched alkanes of at least 4 members (excludes halogenated alkanes) is 1. The van der Waals surface area contributed by atoms with E-state index in [2.05, 4.69) is 18.8 Å². The molecule has 0 rings (SSSR count). The van der Waals surface area contributed by atoms with Gasteiger partial charge in [-0.15, -0.1) is 0 Å². The van der Waals surface area contributed by atoms with Gasteiger partial charge in [-0.2, -0.15) is 0 Å². The SMILES string of the molecule is CCCCC(CC)[CH2][Sn][CH3]. The van der Waals surface area contributed by atoms with Crippen LogP contribution < -0.4 is 0 Å². The van der Waals surface area contributed by atoms with Crippen molar-refractivity contribution in [1.82, 2.24) is 0 Å². The van der Waals surface area contributed by atoms with E-state index >= 15 is 0 Å². The third-order valence-electron chi connectivity index (χ3n) is 2.04. The van der Waals surface area contributed by atoms with E-state index in [0.717, 1.165) is 5.92 Å². The molecule has 1 heteroatoms. The van der Waals surface area contributed by atoms with Crippen molar-refractivity contribution in [2.75, 3.05) is 0 Å². The molecule has 0 bridgehead atoms. The first-order chi connectivity index (χ1) is 4.85. The average molecular weight is 247 g/mol. The quantitative estimate of drug-likeness (QED) is 0.631. The standard InChI is InChI=1S/C8H17.CH3.Sn/c1-4-6-7-8(3)5-2;;/h8H,3-7H2,1-2H3;1H3;. The zero-order valence-electron chi connectivity index (χ0n) is 7.61. The van der Waals surface area contributed by atoms with E-state index in [-0.39, 0.29) is 21.1 Å². The van der Waals surface area contributed by atoms with Crippen LogP contribution in [0.4, 0.5) is 0 Å². The number of rotatable bonds is 6. The molecule has 0 aromatic heterocycles. The molecule has 1 atom stereocenters. The fraction of sp³-hybridized carbons (Fsp3) is 1.00. The maximum atomic E-state index is 2.46. The molecule has 0 saturated heterocycles. The fourth-order valence-electron chi connectivity index (χ4n) is 1.23. The van der Waals surface area contributed by atoms with Crippen molar-refractivity contribution in [1.29, 1.82) is 0 Å². The predicted octanol–water partition coefficient (Wildman–Crippen LogP) is 3.37. The van der Waals surface area contributed by atoms with Crippen molar-refractivity contribution >= 4 is 21.1 Å². The van der Waals surface area contributed by atoms with Gasteiger partial charge in [0.1, 0.15) is 0 Å². The monoisotopic (exact) mass is 248 g/mol. The maximum absolute atomic E-state index is 2.46. The van der Waals surface area contributed by atoms with Crippen LogP contribution in [-0.2, 0) is 0 Å². The molecule has 0 nitrogen and oxygen atoms in total. The fourth-order valence-corrected chi connectivity index (χ4v) is 4.29. The molecule has 2 radical (unpaired) electrons. The van der Waals surface area contributed by atoms with Gasteiger partial charge in [-0.3, -0.25) is 0 Å². The van der Waals surface area contributed by atoms with Gasteiger partial charge in [0.15, 0.2) is 0 Å². The van der Waals surface area contributed by atoms with Gasteiger partial charge in [-0.05, 0) is 0 Å². The Morgan fingerprint density at radius 3 is 2.40 bits per heavy atom. The predicted molar refractivity (Wildman–Crippen MR) is 49.7 cm³/mol. The normalized spacial score (nSPS) is 13.5. The first-order valence-electron chi connectivity index (χ1n) is 4.49. The second-order valence-corrected chi connectivity index (χ2v) is 6.16. The molecule has 0 aromatic rings. The van der Waals surface area contributed by atoms with E-state index in [1.807, 2.05) is 0 Å². The molecule has 0 fully saturated rings. The van der Waals surface area contributed by atoms with Crippen molar-refractivity contribution in [3.05, 3.63) is 0 Å². The Morgan fingerprint density at radius 1 is 1.30 bits per heavy atom. The van der Waals surface area contributed by atoms with Crippen LogP contribution >= 0.6 is 0 Å². The number of hydrogen-bond donors (Lipinski definition) is 0. The first-order valence-corrected chi connectivity index (χ1v) is 9.36. The number of hydrogen-bond acceptors (Lipinski definition) is 0. The summed E-state index contributed by atoms with van der Waals surface area (Å²) < 4.78 is 1.61. The van der Waals surface area contributed by atoms with Gasteiger partial charge in [-0.1, -0.05) is 0 Å². The summed E-state index contributed by atoms with van der Waals surface area (Å²) in [5.41, 5.74) is 0. The van der Waals surface area contributed by atoms with E-state index in [1.54, 1.807) is 4.44 Å². The van der Waals surface area contributed by atoms with Gasteiger partial charge in [0.25, 0.3) is 0 Å². The Hall–Kier alpha value is 0.799. The minimum absolute atomic E-state index is 0.0956. The molecular formula is C9H20Sn. The van der Waals surface area contributed by atoms with Gasteiger partial charge in [0, 0.05) is 0 Å². The van der Waals surface area contributed by atoms with Crippen LogP contribution in [0.1, 0.15) is 39.5 Å². The molecule has 0 N–H and O–H groups in total. The molecule has 0 aliphatic carbocycles. The van der Waals surface area contributed by atoms with E-state index in [1.165, 1.54) is 25.7 Å². The molecule has 0 spiro atoms. The zero-order chi connectivity index (χ0) is 7.82. The minimum atomic E-state index is 0.0956. The second kappa shape index (κ2) is 7.90. The van der Waals surface area contributed by atoms with E-state index in [0.29, 0.717) is 0 Å². The topological polar surface area (TPSA) is 0 Å². The van der Waals surface area contributed by atoms with Crippen LogP contribution in [0, 0.1) is 5.92 Å². The van der Waals surface area contributed by atoms with E-state index in [4.69, 9.17) is 0 Å². The van der Waals surface area contributed by atoms with Crippen LogP contribution in [0.3, 0.4) is 0 Å². The summed E-state index contributed by atoms with van der Waals surface area (Å²) in [5, 5.41) is 0. The van der Waals surface area contributed by atoms with Gasteiger partial charge in [-0.25, -0.2) is 0 Å². The Morgan fingerprint density at radius 2 is 2.00 bits per heavy atom. The third kappa shape index (κ3) is 5.57. The Kier molecular flexibility index (Phi) is 8.53. The summed E-state index contributed by atoms with van der Waals surface area (Å²) >= 11 is 0.0956. The van der Waals surface area contributed by atoms with Crippen molar-refractivity contribution < 1.29 is 0 Å². The van der Waals surface area contributed by atoms with Gasteiger partial charge >= 0.3 is 76.0 Å². The van der Waals surface area contributed by atoms with E-state index < -0.39 is 0 Å². The molecule has 0 amide bonds. The molecule has 0 aliphatic heterocycles. The summed E-state index contributed by atoms with van der Waals surface area (Å²) in [4.78, 5) is 2.46. The zero-order valence-corrected chi connectivity index (χ0v) is 10.5. The summed E-state index contributed by atoms with van der Waals surface area (Å²) in [6.07, 6.45) is 5.76. The van der Waals surface area contributed by atoms with Crippen LogP contribution in [0.25, 0.3) is 0 Å². The molecule has 0 saturated carbocycles. The molecular weight excluding hydrogens is 227 g/mol. The van der Waals surface area contributed by atoms with Gasteiger partial charge < -0.3 is 0 Å². The summed E-state index contributed by atoms with van der Waals surface area (Å²) in [6, 6.07) is 0. The Bertz CT molecular complexity index is 61.7. The first kappa shape index (κ1) is 10.8. The van der Waals surface area contributed by atoms with E-state index in [9.17, 15) is 0 Å².